The smallest absolute Gasteiger partial charge is 0.0928 e. The molecule has 3 aromatic rings. The Morgan fingerprint density at radius 3 is 2.82 bits per heavy atom. The van der Waals surface area contributed by atoms with E-state index in [-0.39, 0.29) is 0 Å². The van der Waals surface area contributed by atoms with Crippen molar-refractivity contribution < 1.29 is 0 Å². The predicted molar refractivity (Wildman–Crippen MR) is 72.3 cm³/mol. The Morgan fingerprint density at radius 1 is 1.12 bits per heavy atom. The first-order chi connectivity index (χ1) is 8.33. The largest absolute Gasteiger partial charge is 0.276 e. The fourth-order valence-corrected chi connectivity index (χ4v) is 2.56. The van der Waals surface area contributed by atoms with Crippen LogP contribution in [0.5, 0.6) is 0 Å². The Hall–Kier alpha value is -1.58. The molecule has 2 aromatic heterocycles. The van der Waals surface area contributed by atoms with Crippen molar-refractivity contribution in [2.24, 2.45) is 0 Å². The van der Waals surface area contributed by atoms with E-state index in [9.17, 15) is 0 Å². The second-order valence-electron chi connectivity index (χ2n) is 3.65. The highest BCUT2D eigenvalue weighted by Crippen LogP contribution is 2.27. The Balaban J connectivity index is 2.01. The van der Waals surface area contributed by atoms with Crippen molar-refractivity contribution in [2.45, 2.75) is 0 Å². The summed E-state index contributed by atoms with van der Waals surface area (Å²) in [6.07, 6.45) is 0. The summed E-state index contributed by atoms with van der Waals surface area (Å²) in [7, 11) is 0. The van der Waals surface area contributed by atoms with Crippen LogP contribution in [0.2, 0.25) is 5.02 Å². The number of aromatic amines is 1. The number of rotatable bonds is 2. The monoisotopic (exact) mass is 260 g/mol. The molecule has 0 fully saturated rings. The van der Waals surface area contributed by atoms with Crippen molar-refractivity contribution in [2.75, 3.05) is 0 Å². The Kier molecular flexibility index (Phi) is 2.71. The Labute approximate surface area is 108 Å². The van der Waals surface area contributed by atoms with E-state index in [1.54, 1.807) is 11.3 Å². The second-order valence-corrected chi connectivity index (χ2v) is 5.04. The molecule has 84 valence electrons. The second kappa shape index (κ2) is 4.35. The zero-order chi connectivity index (χ0) is 11.7. The van der Waals surface area contributed by atoms with Crippen molar-refractivity contribution >= 4 is 22.9 Å². The van der Waals surface area contributed by atoms with Crippen LogP contribution in [0.3, 0.4) is 0 Å². The molecule has 0 aliphatic carbocycles. The van der Waals surface area contributed by atoms with Crippen molar-refractivity contribution in [1.29, 1.82) is 0 Å². The first-order valence-electron chi connectivity index (χ1n) is 5.18. The minimum Gasteiger partial charge on any atom is -0.276 e. The lowest BCUT2D eigenvalue weighted by Gasteiger charge is -1.95. The third-order valence-electron chi connectivity index (χ3n) is 2.48. The number of H-pyrrole nitrogens is 1. The predicted octanol–water partition coefficient (Wildman–Crippen LogP) is 4.46. The molecule has 0 spiro atoms. The molecule has 2 nitrogen and oxygen atoms in total. The van der Waals surface area contributed by atoms with E-state index in [2.05, 4.69) is 21.6 Å². The van der Waals surface area contributed by atoms with Gasteiger partial charge in [-0.2, -0.15) is 5.10 Å². The number of thiophene rings is 1. The number of hydrogen-bond acceptors (Lipinski definition) is 2. The van der Waals surface area contributed by atoms with Crippen molar-refractivity contribution in [3.63, 3.8) is 0 Å². The summed E-state index contributed by atoms with van der Waals surface area (Å²) in [4.78, 5) is 1.19. The maximum absolute atomic E-state index is 5.97. The lowest BCUT2D eigenvalue weighted by molar-refractivity contribution is 1.10. The van der Waals surface area contributed by atoms with Crippen LogP contribution in [0.1, 0.15) is 0 Å². The average Bonchev–Trinajstić information content (AvgIpc) is 3.00. The molecular formula is C13H9ClN2S. The maximum Gasteiger partial charge on any atom is 0.0928 e. The van der Waals surface area contributed by atoms with Gasteiger partial charge in [0.1, 0.15) is 0 Å². The topological polar surface area (TPSA) is 28.7 Å². The first-order valence-corrected chi connectivity index (χ1v) is 6.44. The number of hydrogen-bond donors (Lipinski definition) is 1. The van der Waals surface area contributed by atoms with Crippen LogP contribution in [0, 0.1) is 0 Å². The third-order valence-corrected chi connectivity index (χ3v) is 3.62. The SMILES string of the molecule is Clc1cccc(-c2cc(-c3cccs3)[nH]n2)c1. The Morgan fingerprint density at radius 2 is 2.06 bits per heavy atom. The highest BCUT2D eigenvalue weighted by Gasteiger charge is 2.06. The van der Waals surface area contributed by atoms with E-state index in [0.29, 0.717) is 0 Å². The van der Waals surface area contributed by atoms with Gasteiger partial charge in [-0.1, -0.05) is 29.8 Å². The molecule has 1 N–H and O–H groups in total. The normalized spacial score (nSPS) is 10.6. The van der Waals surface area contributed by atoms with E-state index in [1.165, 1.54) is 4.88 Å². The van der Waals surface area contributed by atoms with E-state index in [4.69, 9.17) is 11.6 Å². The fraction of sp³-hybridized carbons (Fsp3) is 0. The van der Waals surface area contributed by atoms with Gasteiger partial charge in [0.25, 0.3) is 0 Å². The molecule has 0 radical (unpaired) electrons. The highest BCUT2D eigenvalue weighted by molar-refractivity contribution is 7.13. The van der Waals surface area contributed by atoms with Gasteiger partial charge in [0.15, 0.2) is 0 Å². The summed E-state index contributed by atoms with van der Waals surface area (Å²) in [6, 6.07) is 13.8. The van der Waals surface area contributed by atoms with Gasteiger partial charge in [-0.25, -0.2) is 0 Å². The number of nitrogens with one attached hydrogen (secondary N) is 1. The standard InChI is InChI=1S/C13H9ClN2S/c14-10-4-1-3-9(7-10)11-8-12(16-15-11)13-5-2-6-17-13/h1-8H,(H,15,16). The van der Waals surface area contributed by atoms with E-state index < -0.39 is 0 Å². The van der Waals surface area contributed by atoms with Crippen molar-refractivity contribution in [3.8, 4) is 21.8 Å². The van der Waals surface area contributed by atoms with Gasteiger partial charge < -0.3 is 0 Å². The molecule has 0 saturated heterocycles. The molecule has 0 aliphatic heterocycles. The molecule has 0 amide bonds. The van der Waals surface area contributed by atoms with Crippen LogP contribution < -0.4 is 0 Å². The molecule has 4 heteroatoms. The van der Waals surface area contributed by atoms with E-state index >= 15 is 0 Å². The van der Waals surface area contributed by atoms with E-state index in [0.717, 1.165) is 22.0 Å². The van der Waals surface area contributed by atoms with Gasteiger partial charge in [0.2, 0.25) is 0 Å². The van der Waals surface area contributed by atoms with Crippen LogP contribution in [-0.2, 0) is 0 Å². The van der Waals surface area contributed by atoms with Crippen LogP contribution in [-0.4, -0.2) is 10.2 Å². The van der Waals surface area contributed by atoms with Crippen LogP contribution in [0.4, 0.5) is 0 Å². The minimum absolute atomic E-state index is 0.725. The Bertz CT molecular complexity index is 628. The summed E-state index contributed by atoms with van der Waals surface area (Å²) in [5.74, 6) is 0. The molecule has 0 bridgehead atoms. The van der Waals surface area contributed by atoms with Crippen molar-refractivity contribution in [3.05, 3.63) is 52.9 Å². The van der Waals surface area contributed by atoms with Crippen LogP contribution in [0.15, 0.2) is 47.8 Å². The van der Waals surface area contributed by atoms with Gasteiger partial charge in [-0.05, 0) is 29.6 Å². The summed E-state index contributed by atoms with van der Waals surface area (Å²) in [5.41, 5.74) is 2.97. The molecular weight excluding hydrogens is 252 g/mol. The number of nitrogens with zero attached hydrogens (tertiary/aromatic N) is 1. The zero-order valence-corrected chi connectivity index (χ0v) is 10.4. The molecule has 0 saturated carbocycles. The quantitative estimate of drug-likeness (QED) is 0.724. The summed E-state index contributed by atoms with van der Waals surface area (Å²) in [5, 5.41) is 10.1. The maximum atomic E-state index is 5.97. The van der Waals surface area contributed by atoms with Gasteiger partial charge in [0.05, 0.1) is 16.3 Å². The van der Waals surface area contributed by atoms with E-state index in [1.807, 2.05) is 36.4 Å². The van der Waals surface area contributed by atoms with Gasteiger partial charge in [0, 0.05) is 10.6 Å². The van der Waals surface area contributed by atoms with Gasteiger partial charge in [-0.15, -0.1) is 11.3 Å². The molecule has 1 aromatic carbocycles. The molecule has 0 atom stereocenters. The summed E-state index contributed by atoms with van der Waals surface area (Å²) < 4.78 is 0. The molecule has 0 unspecified atom stereocenters. The number of aromatic nitrogens is 2. The number of benzene rings is 1. The highest BCUT2D eigenvalue weighted by atomic mass is 35.5. The van der Waals surface area contributed by atoms with Gasteiger partial charge in [-0.3, -0.25) is 5.10 Å². The van der Waals surface area contributed by atoms with Crippen LogP contribution >= 0.6 is 22.9 Å². The molecule has 3 rings (SSSR count). The molecule has 2 heterocycles. The summed E-state index contributed by atoms with van der Waals surface area (Å²) in [6.45, 7) is 0. The lowest BCUT2D eigenvalue weighted by Crippen LogP contribution is -1.76. The zero-order valence-electron chi connectivity index (χ0n) is 8.85. The van der Waals surface area contributed by atoms with Crippen LogP contribution in [0.25, 0.3) is 21.8 Å². The van der Waals surface area contributed by atoms with Gasteiger partial charge >= 0.3 is 0 Å². The number of halogens is 1. The lowest BCUT2D eigenvalue weighted by atomic mass is 10.1. The average molecular weight is 261 g/mol. The first kappa shape index (κ1) is 10.6. The fourth-order valence-electron chi connectivity index (χ4n) is 1.68. The summed E-state index contributed by atoms with van der Waals surface area (Å²) >= 11 is 7.66. The third kappa shape index (κ3) is 2.12. The molecule has 17 heavy (non-hydrogen) atoms. The van der Waals surface area contributed by atoms with Crippen molar-refractivity contribution in [1.82, 2.24) is 10.2 Å². The minimum atomic E-state index is 0.725. The molecule has 0 aliphatic rings.